The van der Waals surface area contributed by atoms with Gasteiger partial charge >= 0.3 is 0 Å². The maximum Gasteiger partial charge on any atom is 0.137 e. The predicted molar refractivity (Wildman–Crippen MR) is 56.1 cm³/mol. The molecule has 14 heavy (non-hydrogen) atoms. The Morgan fingerprint density at radius 1 is 1.50 bits per heavy atom. The summed E-state index contributed by atoms with van der Waals surface area (Å²) in [5.74, 6) is 0. The zero-order valence-corrected chi connectivity index (χ0v) is 8.17. The van der Waals surface area contributed by atoms with Gasteiger partial charge in [-0.1, -0.05) is 0 Å². The van der Waals surface area contributed by atoms with Gasteiger partial charge in [-0.25, -0.2) is 4.98 Å². The number of nitrogens with one attached hydrogen (secondary N) is 2. The van der Waals surface area contributed by atoms with Gasteiger partial charge in [0.25, 0.3) is 0 Å². The Bertz CT molecular complexity index is 468. The van der Waals surface area contributed by atoms with Crippen molar-refractivity contribution in [3.8, 4) is 0 Å². The van der Waals surface area contributed by atoms with Crippen LogP contribution in [0, 0.1) is 0 Å². The smallest absolute Gasteiger partial charge is 0.137 e. The van der Waals surface area contributed by atoms with Crippen LogP contribution in [0.4, 0.5) is 0 Å². The largest absolute Gasteiger partial charge is 0.346 e. The fraction of sp³-hybridized carbons (Fsp3) is 0.364. The fourth-order valence-electron chi connectivity index (χ4n) is 2.13. The Balaban J connectivity index is 2.22. The first-order valence-electron chi connectivity index (χ1n) is 4.97. The molecule has 2 aromatic rings. The molecule has 0 amide bonds. The van der Waals surface area contributed by atoms with E-state index in [1.165, 1.54) is 23.8 Å². The van der Waals surface area contributed by atoms with Crippen molar-refractivity contribution in [2.24, 2.45) is 0 Å². The molecule has 1 fully saturated rings. The van der Waals surface area contributed by atoms with Gasteiger partial charge in [0.15, 0.2) is 0 Å². The molecule has 0 saturated heterocycles. The highest BCUT2D eigenvalue weighted by Crippen LogP contribution is 2.47. The molecule has 3 nitrogen and oxygen atoms in total. The van der Waals surface area contributed by atoms with Crippen molar-refractivity contribution in [3.05, 3.63) is 30.1 Å². The van der Waals surface area contributed by atoms with Gasteiger partial charge in [0.1, 0.15) is 5.65 Å². The molecule has 0 spiro atoms. The normalized spacial score (nSPS) is 18.6. The van der Waals surface area contributed by atoms with Gasteiger partial charge in [-0.15, -0.1) is 0 Å². The van der Waals surface area contributed by atoms with E-state index in [4.69, 9.17) is 0 Å². The highest BCUT2D eigenvalue weighted by Gasteiger charge is 2.44. The van der Waals surface area contributed by atoms with Gasteiger partial charge in [-0.2, -0.15) is 0 Å². The third-order valence-corrected chi connectivity index (χ3v) is 3.20. The molecular weight excluding hydrogens is 174 g/mol. The van der Waals surface area contributed by atoms with E-state index >= 15 is 0 Å². The summed E-state index contributed by atoms with van der Waals surface area (Å²) in [5, 5.41) is 4.65. The van der Waals surface area contributed by atoms with E-state index in [0.29, 0.717) is 0 Å². The maximum absolute atomic E-state index is 4.29. The summed E-state index contributed by atoms with van der Waals surface area (Å²) in [7, 11) is 2.03. The number of fused-ring (bicyclic) bond motifs is 1. The molecule has 2 N–H and O–H groups in total. The fourth-order valence-corrected chi connectivity index (χ4v) is 2.13. The number of hydrogen-bond donors (Lipinski definition) is 2. The van der Waals surface area contributed by atoms with Crippen molar-refractivity contribution in [1.82, 2.24) is 15.3 Å². The van der Waals surface area contributed by atoms with E-state index in [1.807, 2.05) is 19.3 Å². The SMILES string of the molecule is CNC1(c2c[nH]c3ncccc23)CC1. The number of pyridine rings is 1. The lowest BCUT2D eigenvalue weighted by Crippen LogP contribution is -2.23. The number of rotatable bonds is 2. The Morgan fingerprint density at radius 3 is 3.07 bits per heavy atom. The molecule has 0 bridgehead atoms. The van der Waals surface area contributed by atoms with Crippen LogP contribution in [0.5, 0.6) is 0 Å². The molecule has 1 saturated carbocycles. The maximum atomic E-state index is 4.29. The average Bonchev–Trinajstić information content (AvgIpc) is 2.91. The second kappa shape index (κ2) is 2.58. The van der Waals surface area contributed by atoms with Crippen LogP contribution in [-0.2, 0) is 5.54 Å². The van der Waals surface area contributed by atoms with Crippen LogP contribution >= 0.6 is 0 Å². The lowest BCUT2D eigenvalue weighted by atomic mass is 10.1. The first-order valence-corrected chi connectivity index (χ1v) is 4.97. The minimum atomic E-state index is 0.223. The highest BCUT2D eigenvalue weighted by atomic mass is 15.0. The van der Waals surface area contributed by atoms with Crippen LogP contribution in [0.3, 0.4) is 0 Å². The van der Waals surface area contributed by atoms with Crippen LogP contribution in [0.1, 0.15) is 18.4 Å². The van der Waals surface area contributed by atoms with Crippen molar-refractivity contribution >= 4 is 11.0 Å². The van der Waals surface area contributed by atoms with Crippen LogP contribution in [0.25, 0.3) is 11.0 Å². The monoisotopic (exact) mass is 187 g/mol. The van der Waals surface area contributed by atoms with Gasteiger partial charge in [0, 0.05) is 23.3 Å². The van der Waals surface area contributed by atoms with Crippen molar-refractivity contribution in [1.29, 1.82) is 0 Å². The lowest BCUT2D eigenvalue weighted by molar-refractivity contribution is 0.590. The zero-order valence-electron chi connectivity index (χ0n) is 8.17. The summed E-state index contributed by atoms with van der Waals surface area (Å²) in [5.41, 5.74) is 2.58. The number of hydrogen-bond acceptors (Lipinski definition) is 2. The van der Waals surface area contributed by atoms with E-state index in [9.17, 15) is 0 Å². The standard InChI is InChI=1S/C11H13N3/c1-12-11(4-5-11)9-7-14-10-8(9)3-2-6-13-10/h2-3,6-7,12H,4-5H2,1H3,(H,13,14). The van der Waals surface area contributed by atoms with Crippen LogP contribution in [0.2, 0.25) is 0 Å². The van der Waals surface area contributed by atoms with E-state index < -0.39 is 0 Å². The Hall–Kier alpha value is -1.35. The molecule has 0 atom stereocenters. The average molecular weight is 187 g/mol. The number of nitrogens with zero attached hydrogens (tertiary/aromatic N) is 1. The summed E-state index contributed by atoms with van der Waals surface area (Å²) in [6, 6.07) is 4.12. The minimum Gasteiger partial charge on any atom is -0.346 e. The summed E-state index contributed by atoms with van der Waals surface area (Å²) < 4.78 is 0. The quantitative estimate of drug-likeness (QED) is 0.752. The topological polar surface area (TPSA) is 40.7 Å². The first-order chi connectivity index (χ1) is 6.86. The molecule has 1 aliphatic carbocycles. The molecule has 2 aromatic heterocycles. The molecule has 2 heterocycles. The van der Waals surface area contributed by atoms with Crippen molar-refractivity contribution < 1.29 is 0 Å². The Morgan fingerprint density at radius 2 is 2.36 bits per heavy atom. The predicted octanol–water partition coefficient (Wildman–Crippen LogP) is 1.77. The lowest BCUT2D eigenvalue weighted by Gasteiger charge is -2.12. The molecule has 0 aromatic carbocycles. The summed E-state index contributed by atoms with van der Waals surface area (Å²) >= 11 is 0. The van der Waals surface area contributed by atoms with Crippen LogP contribution in [-0.4, -0.2) is 17.0 Å². The molecular formula is C11H13N3. The summed E-state index contributed by atoms with van der Waals surface area (Å²) in [6.07, 6.45) is 6.36. The van der Waals surface area contributed by atoms with Crippen molar-refractivity contribution in [2.75, 3.05) is 7.05 Å². The Kier molecular flexibility index (Phi) is 1.47. The van der Waals surface area contributed by atoms with Crippen LogP contribution in [0.15, 0.2) is 24.5 Å². The third-order valence-electron chi connectivity index (χ3n) is 3.20. The van der Waals surface area contributed by atoms with E-state index in [1.54, 1.807) is 0 Å². The van der Waals surface area contributed by atoms with E-state index in [2.05, 4.69) is 27.5 Å². The van der Waals surface area contributed by atoms with Crippen molar-refractivity contribution in [3.63, 3.8) is 0 Å². The van der Waals surface area contributed by atoms with Gasteiger partial charge in [-0.3, -0.25) is 0 Å². The highest BCUT2D eigenvalue weighted by molar-refractivity contribution is 5.81. The van der Waals surface area contributed by atoms with E-state index in [0.717, 1.165) is 5.65 Å². The second-order valence-electron chi connectivity index (χ2n) is 3.93. The number of H-pyrrole nitrogens is 1. The Labute approximate surface area is 82.5 Å². The van der Waals surface area contributed by atoms with Crippen LogP contribution < -0.4 is 5.32 Å². The van der Waals surface area contributed by atoms with Gasteiger partial charge < -0.3 is 10.3 Å². The molecule has 0 unspecified atom stereocenters. The molecule has 3 heteroatoms. The second-order valence-corrected chi connectivity index (χ2v) is 3.93. The van der Waals surface area contributed by atoms with Crippen molar-refractivity contribution in [2.45, 2.75) is 18.4 Å². The summed E-state index contributed by atoms with van der Waals surface area (Å²) in [4.78, 5) is 7.51. The zero-order chi connectivity index (χ0) is 9.60. The van der Waals surface area contributed by atoms with Gasteiger partial charge in [0.2, 0.25) is 0 Å². The molecule has 0 aliphatic heterocycles. The molecule has 72 valence electrons. The third kappa shape index (κ3) is 0.930. The first kappa shape index (κ1) is 8.00. The van der Waals surface area contributed by atoms with Gasteiger partial charge in [0.05, 0.1) is 0 Å². The number of aromatic nitrogens is 2. The molecule has 3 rings (SSSR count). The minimum absolute atomic E-state index is 0.223. The number of aromatic amines is 1. The summed E-state index contributed by atoms with van der Waals surface area (Å²) in [6.45, 7) is 0. The molecule has 0 radical (unpaired) electrons. The van der Waals surface area contributed by atoms with Gasteiger partial charge in [-0.05, 0) is 37.6 Å². The van der Waals surface area contributed by atoms with E-state index in [-0.39, 0.29) is 5.54 Å². The molecule has 1 aliphatic rings.